The second-order valence-electron chi connectivity index (χ2n) is 3.92. The Balaban J connectivity index is 2.56. The van der Waals surface area contributed by atoms with Crippen LogP contribution in [0.5, 0.6) is 11.5 Å². The lowest BCUT2D eigenvalue weighted by Gasteiger charge is -2.31. The lowest BCUT2D eigenvalue weighted by atomic mass is 9.78. The van der Waals surface area contributed by atoms with Gasteiger partial charge in [-0.15, -0.1) is 0 Å². The van der Waals surface area contributed by atoms with Gasteiger partial charge in [0.05, 0.1) is 12.0 Å². The van der Waals surface area contributed by atoms with Crippen LogP contribution in [0.4, 0.5) is 0 Å². The molecule has 1 aromatic carbocycles. The van der Waals surface area contributed by atoms with E-state index in [1.165, 1.54) is 12.1 Å². The molecule has 1 unspecified atom stereocenters. The maximum absolute atomic E-state index is 11.2. The molecule has 0 bridgehead atoms. The smallest absolute Gasteiger partial charge is 0.314 e. The Bertz CT molecular complexity index is 413. The monoisotopic (exact) mass is 208 g/mol. The second-order valence-corrected chi connectivity index (χ2v) is 3.92. The summed E-state index contributed by atoms with van der Waals surface area (Å²) in [4.78, 5) is 11.2. The van der Waals surface area contributed by atoms with Gasteiger partial charge in [0.15, 0.2) is 0 Å². The topological polar surface area (TPSA) is 66.8 Å². The largest absolute Gasteiger partial charge is 0.508 e. The Morgan fingerprint density at radius 1 is 1.53 bits per heavy atom. The molecule has 0 aliphatic carbocycles. The minimum atomic E-state index is -0.915. The fourth-order valence-corrected chi connectivity index (χ4v) is 1.81. The molecule has 0 saturated heterocycles. The van der Waals surface area contributed by atoms with Gasteiger partial charge in [0.25, 0.3) is 0 Å². The first kappa shape index (κ1) is 9.83. The van der Waals surface area contributed by atoms with Crippen LogP contribution in [-0.4, -0.2) is 22.8 Å². The number of carbonyl (C=O) groups is 1. The molecule has 4 heteroatoms. The van der Waals surface area contributed by atoms with Crippen LogP contribution >= 0.6 is 0 Å². The average molecular weight is 208 g/mol. The number of benzene rings is 1. The van der Waals surface area contributed by atoms with Gasteiger partial charge in [-0.05, 0) is 13.0 Å². The van der Waals surface area contributed by atoms with Crippen molar-refractivity contribution >= 4 is 5.97 Å². The predicted molar refractivity (Wildman–Crippen MR) is 53.2 cm³/mol. The molecule has 1 atom stereocenters. The molecule has 0 radical (unpaired) electrons. The number of hydrogen-bond donors (Lipinski definition) is 2. The number of fused-ring (bicyclic) bond motifs is 1. The van der Waals surface area contributed by atoms with Crippen molar-refractivity contribution in [3.05, 3.63) is 23.8 Å². The molecule has 1 aliphatic rings. The normalized spacial score (nSPS) is 24.1. The van der Waals surface area contributed by atoms with Gasteiger partial charge in [-0.2, -0.15) is 0 Å². The van der Waals surface area contributed by atoms with Crippen molar-refractivity contribution in [2.45, 2.75) is 18.8 Å². The molecule has 4 nitrogen and oxygen atoms in total. The van der Waals surface area contributed by atoms with Crippen LogP contribution in [0.3, 0.4) is 0 Å². The van der Waals surface area contributed by atoms with E-state index in [1.807, 2.05) is 0 Å². The third kappa shape index (κ3) is 1.42. The van der Waals surface area contributed by atoms with E-state index in [9.17, 15) is 15.0 Å². The highest BCUT2D eigenvalue weighted by Crippen LogP contribution is 2.40. The van der Waals surface area contributed by atoms with Gasteiger partial charge in [-0.25, -0.2) is 0 Å². The van der Waals surface area contributed by atoms with E-state index < -0.39 is 11.4 Å². The molecule has 0 saturated carbocycles. The first-order valence-corrected chi connectivity index (χ1v) is 4.74. The number of aliphatic carboxylic acids is 1. The SMILES string of the molecule is CC1(C(=O)O)CCOc2cc(O)ccc21. The summed E-state index contributed by atoms with van der Waals surface area (Å²) in [5.41, 5.74) is -0.291. The summed E-state index contributed by atoms with van der Waals surface area (Å²) in [7, 11) is 0. The minimum Gasteiger partial charge on any atom is -0.508 e. The summed E-state index contributed by atoms with van der Waals surface area (Å²) in [6.45, 7) is 2.03. The maximum Gasteiger partial charge on any atom is 0.314 e. The zero-order chi connectivity index (χ0) is 11.1. The Hall–Kier alpha value is -1.71. The molecular weight excluding hydrogens is 196 g/mol. The van der Waals surface area contributed by atoms with E-state index in [1.54, 1.807) is 13.0 Å². The van der Waals surface area contributed by atoms with Crippen molar-refractivity contribution in [1.82, 2.24) is 0 Å². The van der Waals surface area contributed by atoms with E-state index in [-0.39, 0.29) is 5.75 Å². The molecule has 0 spiro atoms. The quantitative estimate of drug-likeness (QED) is 0.734. The molecule has 80 valence electrons. The molecule has 1 heterocycles. The molecule has 0 amide bonds. The molecule has 2 rings (SSSR count). The number of ether oxygens (including phenoxy) is 1. The highest BCUT2D eigenvalue weighted by atomic mass is 16.5. The van der Waals surface area contributed by atoms with Crippen molar-refractivity contribution in [3.63, 3.8) is 0 Å². The molecular formula is C11H12O4. The van der Waals surface area contributed by atoms with E-state index in [0.717, 1.165) is 0 Å². The highest BCUT2D eigenvalue weighted by molar-refractivity contribution is 5.82. The number of aromatic hydroxyl groups is 1. The molecule has 2 N–H and O–H groups in total. The predicted octanol–water partition coefficient (Wildman–Crippen LogP) is 1.52. The van der Waals surface area contributed by atoms with Gasteiger partial charge >= 0.3 is 5.97 Å². The van der Waals surface area contributed by atoms with Gasteiger partial charge in [0.2, 0.25) is 0 Å². The van der Waals surface area contributed by atoms with Crippen LogP contribution in [0.1, 0.15) is 18.9 Å². The maximum atomic E-state index is 11.2. The third-order valence-electron chi connectivity index (χ3n) is 2.89. The average Bonchev–Trinajstić information content (AvgIpc) is 2.17. The molecule has 0 fully saturated rings. The summed E-state index contributed by atoms with van der Waals surface area (Å²) in [6, 6.07) is 4.54. The summed E-state index contributed by atoms with van der Waals surface area (Å²) in [5, 5.41) is 18.5. The first-order chi connectivity index (χ1) is 7.04. The fourth-order valence-electron chi connectivity index (χ4n) is 1.81. The number of rotatable bonds is 1. The fraction of sp³-hybridized carbons (Fsp3) is 0.364. The number of carboxylic acid groups (broad SMARTS) is 1. The van der Waals surface area contributed by atoms with Crippen LogP contribution in [0.2, 0.25) is 0 Å². The van der Waals surface area contributed by atoms with E-state index >= 15 is 0 Å². The van der Waals surface area contributed by atoms with Crippen molar-refractivity contribution in [3.8, 4) is 11.5 Å². The highest BCUT2D eigenvalue weighted by Gasteiger charge is 2.40. The lowest BCUT2D eigenvalue weighted by Crippen LogP contribution is -2.37. The number of hydrogen-bond acceptors (Lipinski definition) is 3. The zero-order valence-electron chi connectivity index (χ0n) is 8.36. The third-order valence-corrected chi connectivity index (χ3v) is 2.89. The van der Waals surface area contributed by atoms with Crippen molar-refractivity contribution in [1.29, 1.82) is 0 Å². The van der Waals surface area contributed by atoms with Crippen LogP contribution < -0.4 is 4.74 Å². The summed E-state index contributed by atoms with van der Waals surface area (Å²) in [6.07, 6.45) is 0.445. The van der Waals surface area contributed by atoms with Crippen molar-refractivity contribution in [2.75, 3.05) is 6.61 Å². The summed E-state index contributed by atoms with van der Waals surface area (Å²) < 4.78 is 5.33. The Morgan fingerprint density at radius 2 is 2.27 bits per heavy atom. The lowest BCUT2D eigenvalue weighted by molar-refractivity contribution is -0.144. The van der Waals surface area contributed by atoms with E-state index in [0.29, 0.717) is 24.3 Å². The molecule has 1 aromatic rings. The van der Waals surface area contributed by atoms with Crippen LogP contribution in [-0.2, 0) is 10.2 Å². The van der Waals surface area contributed by atoms with E-state index in [4.69, 9.17) is 4.74 Å². The van der Waals surface area contributed by atoms with Gasteiger partial charge in [-0.1, -0.05) is 6.07 Å². The summed E-state index contributed by atoms with van der Waals surface area (Å²) >= 11 is 0. The van der Waals surface area contributed by atoms with E-state index in [2.05, 4.69) is 0 Å². The number of carboxylic acids is 1. The second kappa shape index (κ2) is 3.15. The summed E-state index contributed by atoms with van der Waals surface area (Å²) in [5.74, 6) is -0.313. The zero-order valence-corrected chi connectivity index (χ0v) is 8.36. The molecule has 1 aliphatic heterocycles. The molecule has 15 heavy (non-hydrogen) atoms. The van der Waals surface area contributed by atoms with Gasteiger partial charge in [-0.3, -0.25) is 4.79 Å². The molecule has 0 aromatic heterocycles. The van der Waals surface area contributed by atoms with Gasteiger partial charge < -0.3 is 14.9 Å². The Labute approximate surface area is 87.1 Å². The van der Waals surface area contributed by atoms with Crippen molar-refractivity contribution < 1.29 is 19.7 Å². The first-order valence-electron chi connectivity index (χ1n) is 4.74. The minimum absolute atomic E-state index is 0.0865. The van der Waals surface area contributed by atoms with Gasteiger partial charge in [0, 0.05) is 18.1 Å². The van der Waals surface area contributed by atoms with Gasteiger partial charge in [0.1, 0.15) is 11.5 Å². The van der Waals surface area contributed by atoms with Crippen LogP contribution in [0.15, 0.2) is 18.2 Å². The standard InChI is InChI=1S/C11H12O4/c1-11(10(13)14)4-5-15-9-6-7(12)2-3-8(9)11/h2-3,6,12H,4-5H2,1H3,(H,13,14). The number of phenols is 1. The van der Waals surface area contributed by atoms with Crippen LogP contribution in [0, 0.1) is 0 Å². The Morgan fingerprint density at radius 3 is 2.93 bits per heavy atom. The van der Waals surface area contributed by atoms with Crippen molar-refractivity contribution in [2.24, 2.45) is 0 Å². The van der Waals surface area contributed by atoms with Crippen LogP contribution in [0.25, 0.3) is 0 Å². The Kier molecular flexibility index (Phi) is 2.07. The number of phenolic OH excluding ortho intramolecular Hbond substituents is 1.